The number of carbonyl (C=O) groups is 4. The van der Waals surface area contributed by atoms with Crippen LogP contribution in [0, 0.1) is 13.8 Å². The van der Waals surface area contributed by atoms with E-state index < -0.39 is 17.7 Å². The molecular weight excluding hydrogens is 761 g/mol. The molecule has 6 rings (SSSR count). The number of anilines is 2. The monoisotopic (exact) mass is 808 g/mol. The molecule has 19 nitrogen and oxygen atoms in total. The normalized spacial score (nSPS) is 11.5. The van der Waals surface area contributed by atoms with Crippen molar-refractivity contribution in [3.05, 3.63) is 94.6 Å². The summed E-state index contributed by atoms with van der Waals surface area (Å²) >= 11 is 0. The summed E-state index contributed by atoms with van der Waals surface area (Å²) < 4.78 is 17.5. The minimum absolute atomic E-state index is 0.0588. The minimum Gasteiger partial charge on any atom is -0.394 e. The van der Waals surface area contributed by atoms with Gasteiger partial charge in [0.05, 0.1) is 66.5 Å². The van der Waals surface area contributed by atoms with Crippen molar-refractivity contribution in [1.29, 1.82) is 0 Å². The predicted octanol–water partition coefficient (Wildman–Crippen LogP) is 3.05. The summed E-state index contributed by atoms with van der Waals surface area (Å²) in [4.78, 5) is 61.5. The lowest BCUT2D eigenvalue weighted by Gasteiger charge is -2.10. The van der Waals surface area contributed by atoms with Gasteiger partial charge >= 0.3 is 0 Å². The van der Waals surface area contributed by atoms with Crippen molar-refractivity contribution in [2.75, 3.05) is 50.2 Å². The van der Waals surface area contributed by atoms with Crippen LogP contribution in [0.15, 0.2) is 60.7 Å². The number of aliphatic hydroxyl groups is 1. The van der Waals surface area contributed by atoms with Gasteiger partial charge in [-0.15, -0.1) is 0 Å². The molecular formula is C40H48N12O7. The van der Waals surface area contributed by atoms with E-state index in [0.717, 1.165) is 0 Å². The number of nitrogens with one attached hydrogen (secondary N) is 3. The van der Waals surface area contributed by atoms with Gasteiger partial charge in [-0.1, -0.05) is 12.2 Å². The van der Waals surface area contributed by atoms with Crippen molar-refractivity contribution in [3.8, 4) is 0 Å². The molecule has 0 aliphatic rings. The molecule has 0 unspecified atom stereocenters. The van der Waals surface area contributed by atoms with Crippen LogP contribution in [0.5, 0.6) is 0 Å². The van der Waals surface area contributed by atoms with Crippen LogP contribution >= 0.6 is 0 Å². The van der Waals surface area contributed by atoms with Crippen molar-refractivity contribution in [2.45, 2.75) is 53.9 Å². The van der Waals surface area contributed by atoms with E-state index in [1.54, 1.807) is 62.5 Å². The highest BCUT2D eigenvalue weighted by Gasteiger charge is 2.21. The number of aliphatic hydroxyl groups excluding tert-OH is 1. The lowest BCUT2D eigenvalue weighted by atomic mass is 10.2. The van der Waals surface area contributed by atoms with Gasteiger partial charge in [-0.25, -0.2) is 9.97 Å². The maximum Gasteiger partial charge on any atom is 0.276 e. The number of hydrogen-bond acceptors (Lipinski definition) is 11. The Morgan fingerprint density at radius 2 is 1.19 bits per heavy atom. The number of allylic oxidation sites excluding steroid dienone is 2. The third kappa shape index (κ3) is 9.89. The molecule has 0 spiro atoms. The van der Waals surface area contributed by atoms with Crippen molar-refractivity contribution >= 4 is 57.6 Å². The van der Waals surface area contributed by atoms with Crippen molar-refractivity contribution < 1.29 is 33.8 Å². The molecule has 0 saturated heterocycles. The van der Waals surface area contributed by atoms with E-state index in [2.05, 4.69) is 31.1 Å². The average Bonchev–Trinajstić information content (AvgIpc) is 3.98. The van der Waals surface area contributed by atoms with Crippen molar-refractivity contribution in [2.24, 2.45) is 5.73 Å². The van der Waals surface area contributed by atoms with E-state index in [-0.39, 0.29) is 62.8 Å². The molecule has 0 aliphatic carbocycles. The Morgan fingerprint density at radius 1 is 0.695 bits per heavy atom. The number of nitrogens with zero attached hydrogens (tertiary/aromatic N) is 8. The number of nitrogens with two attached hydrogens (primary N) is 1. The fourth-order valence-corrected chi connectivity index (χ4v) is 6.47. The topological polar surface area (TPSA) is 240 Å². The van der Waals surface area contributed by atoms with Crippen LogP contribution in [-0.2, 0) is 35.7 Å². The van der Waals surface area contributed by atoms with Crippen LogP contribution in [0.2, 0.25) is 0 Å². The van der Waals surface area contributed by atoms with Crippen LogP contribution in [0.3, 0.4) is 0 Å². The van der Waals surface area contributed by atoms with Crippen LogP contribution < -0.4 is 21.7 Å². The Hall–Kier alpha value is -6.70. The maximum absolute atomic E-state index is 13.6. The molecule has 0 fully saturated rings. The molecule has 0 saturated carbocycles. The SMILES string of the molecule is CCn1nc(C)cc1C(=O)Nc1nc2cc(C(N)=O)ccc2n1C/C=C/Cn1c(NC(=O)c2cc(C)nn2CC)nc2cc(C(=O)NCCOCCOCCO)ccc21. The first-order valence-corrected chi connectivity index (χ1v) is 19.2. The van der Waals surface area contributed by atoms with E-state index in [1.807, 2.05) is 44.4 Å². The third-order valence-electron chi connectivity index (χ3n) is 9.24. The standard InChI is InChI=1S/C40H48N12O7/c1-5-51-33(21-25(3)47-51)37(56)45-39-43-29-23-27(35(41)54)9-11-31(29)49(39)14-7-8-15-50-32-12-10-28(36(55)42-13-17-58-19-20-59-18-16-53)24-30(32)44-40(50)46-38(57)34-22-26(4)48-52(34)6-2/h7-12,21-24,53H,5-6,13-20H2,1-4H3,(H2,41,54)(H,42,55)(H,43,45,56)(H,44,46,57)/b8-7+. The molecule has 6 N–H and O–H groups in total. The lowest BCUT2D eigenvalue weighted by Crippen LogP contribution is -2.27. The molecule has 0 atom stereocenters. The predicted molar refractivity (Wildman–Crippen MR) is 219 cm³/mol. The molecule has 4 amide bonds. The zero-order valence-corrected chi connectivity index (χ0v) is 33.4. The third-order valence-corrected chi connectivity index (χ3v) is 9.24. The zero-order valence-electron chi connectivity index (χ0n) is 33.4. The van der Waals surface area contributed by atoms with Gasteiger partial charge in [-0.05, 0) is 76.2 Å². The Bertz CT molecular complexity index is 2510. The molecule has 2 aromatic carbocycles. The van der Waals surface area contributed by atoms with E-state index in [9.17, 15) is 19.2 Å². The Kier molecular flexibility index (Phi) is 13.6. The van der Waals surface area contributed by atoms with E-state index in [0.29, 0.717) is 76.7 Å². The van der Waals surface area contributed by atoms with E-state index in [1.165, 1.54) is 0 Å². The Labute approximate surface area is 339 Å². The second kappa shape index (κ2) is 19.2. The number of rotatable bonds is 20. The Morgan fingerprint density at radius 3 is 1.68 bits per heavy atom. The Balaban J connectivity index is 1.25. The molecule has 6 aromatic rings. The quantitative estimate of drug-likeness (QED) is 0.0555. The lowest BCUT2D eigenvalue weighted by molar-refractivity contribution is 0.0338. The molecule has 4 aromatic heterocycles. The number of carbonyl (C=O) groups excluding carboxylic acids is 4. The molecule has 4 heterocycles. The fraction of sp³-hybridized carbons (Fsp3) is 0.350. The first kappa shape index (κ1) is 41.9. The summed E-state index contributed by atoms with van der Waals surface area (Å²) in [6, 6.07) is 13.4. The first-order chi connectivity index (χ1) is 28.5. The summed E-state index contributed by atoms with van der Waals surface area (Å²) in [6.07, 6.45) is 3.77. The summed E-state index contributed by atoms with van der Waals surface area (Å²) in [5.74, 6) is -1.20. The van der Waals surface area contributed by atoms with Gasteiger partial charge in [-0.3, -0.25) is 39.2 Å². The second-order valence-electron chi connectivity index (χ2n) is 13.4. The van der Waals surface area contributed by atoms with Gasteiger partial charge in [0.15, 0.2) is 0 Å². The first-order valence-electron chi connectivity index (χ1n) is 19.2. The summed E-state index contributed by atoms with van der Waals surface area (Å²) in [5.41, 5.74) is 10.6. The number of primary amides is 1. The molecule has 0 radical (unpaired) electrons. The fourth-order valence-electron chi connectivity index (χ4n) is 6.47. The second-order valence-corrected chi connectivity index (χ2v) is 13.4. The molecule has 0 aliphatic heterocycles. The van der Waals surface area contributed by atoms with Crippen LogP contribution in [0.25, 0.3) is 22.1 Å². The van der Waals surface area contributed by atoms with Crippen LogP contribution in [0.1, 0.15) is 66.9 Å². The number of ether oxygens (including phenoxy) is 2. The molecule has 310 valence electrons. The highest BCUT2D eigenvalue weighted by atomic mass is 16.5. The van der Waals surface area contributed by atoms with Crippen LogP contribution in [-0.4, -0.2) is 107 Å². The number of imidazole rings is 2. The van der Waals surface area contributed by atoms with Crippen molar-refractivity contribution in [1.82, 2.24) is 44.0 Å². The average molecular weight is 809 g/mol. The number of fused-ring (bicyclic) bond motifs is 2. The van der Waals surface area contributed by atoms with E-state index >= 15 is 0 Å². The number of aromatic nitrogens is 8. The maximum atomic E-state index is 13.6. The molecule has 19 heteroatoms. The summed E-state index contributed by atoms with van der Waals surface area (Å²) in [6.45, 7) is 10.3. The summed E-state index contributed by atoms with van der Waals surface area (Å²) in [5, 5.41) is 26.3. The van der Waals surface area contributed by atoms with Crippen LogP contribution in [0.4, 0.5) is 11.9 Å². The van der Waals surface area contributed by atoms with Gasteiger partial charge in [0, 0.05) is 43.9 Å². The van der Waals surface area contributed by atoms with E-state index in [4.69, 9.17) is 25.3 Å². The molecule has 59 heavy (non-hydrogen) atoms. The van der Waals surface area contributed by atoms with Gasteiger partial charge in [0.1, 0.15) is 11.4 Å². The highest BCUT2D eigenvalue weighted by Crippen LogP contribution is 2.24. The van der Waals surface area contributed by atoms with Gasteiger partial charge in [0.2, 0.25) is 17.8 Å². The minimum atomic E-state index is -0.602. The molecule has 0 bridgehead atoms. The number of amides is 4. The van der Waals surface area contributed by atoms with Crippen molar-refractivity contribution in [3.63, 3.8) is 0 Å². The highest BCUT2D eigenvalue weighted by molar-refractivity contribution is 6.04. The van der Waals surface area contributed by atoms with Gasteiger partial charge in [0.25, 0.3) is 17.7 Å². The van der Waals surface area contributed by atoms with Gasteiger partial charge < -0.3 is 34.8 Å². The number of aryl methyl sites for hydroxylation is 4. The summed E-state index contributed by atoms with van der Waals surface area (Å²) in [7, 11) is 0. The smallest absolute Gasteiger partial charge is 0.276 e. The van der Waals surface area contributed by atoms with Gasteiger partial charge in [-0.2, -0.15) is 10.2 Å². The zero-order chi connectivity index (χ0) is 42.1. The number of hydrogen-bond donors (Lipinski definition) is 5. The largest absolute Gasteiger partial charge is 0.394 e. The number of benzene rings is 2.